The minimum absolute atomic E-state index is 0.0710. The maximum Gasteiger partial charge on any atom is 0.354 e. The number of nitrogens with zero attached hydrogens (tertiary/aromatic N) is 6. The third-order valence-corrected chi connectivity index (χ3v) is 5.15. The number of hydrogen-bond donors (Lipinski definition) is 2. The van der Waals surface area contributed by atoms with Crippen molar-refractivity contribution in [2.24, 2.45) is 0 Å². The summed E-state index contributed by atoms with van der Waals surface area (Å²) in [5.74, 6) is -2.24. The van der Waals surface area contributed by atoms with Crippen molar-refractivity contribution < 1.29 is 19.8 Å². The van der Waals surface area contributed by atoms with E-state index in [-0.39, 0.29) is 11.4 Å². The van der Waals surface area contributed by atoms with Gasteiger partial charge in [-0.2, -0.15) is 0 Å². The molecule has 10 nitrogen and oxygen atoms in total. The molecule has 0 atom stereocenters. The van der Waals surface area contributed by atoms with Gasteiger partial charge in [0.15, 0.2) is 0 Å². The Kier molecular flexibility index (Phi) is 5.90. The molecule has 36 heavy (non-hydrogen) atoms. The highest BCUT2D eigenvalue weighted by Crippen LogP contribution is 2.25. The SMILES string of the molecule is O=C(O)c1cccc(-c2cccc(-c3cc(-c4cccc(-c5cccc(C(=O)O)n5)n4)ncn3)n2)n1. The lowest BCUT2D eigenvalue weighted by Gasteiger charge is -2.07. The average molecular weight is 476 g/mol. The van der Waals surface area contributed by atoms with Gasteiger partial charge in [-0.1, -0.05) is 24.3 Å². The van der Waals surface area contributed by atoms with Crippen LogP contribution in [0.15, 0.2) is 85.2 Å². The number of carbonyl (C=O) groups is 2. The molecule has 0 saturated heterocycles. The van der Waals surface area contributed by atoms with E-state index in [1.165, 1.54) is 18.5 Å². The van der Waals surface area contributed by atoms with Crippen LogP contribution < -0.4 is 0 Å². The number of aromatic nitrogens is 6. The van der Waals surface area contributed by atoms with Crippen molar-refractivity contribution >= 4 is 11.9 Å². The fourth-order valence-corrected chi connectivity index (χ4v) is 3.47. The van der Waals surface area contributed by atoms with Crippen LogP contribution in [-0.4, -0.2) is 52.1 Å². The molecule has 2 N–H and O–H groups in total. The quantitative estimate of drug-likeness (QED) is 0.366. The van der Waals surface area contributed by atoms with E-state index in [1.807, 2.05) is 0 Å². The van der Waals surface area contributed by atoms with Gasteiger partial charge in [0, 0.05) is 0 Å². The first kappa shape index (κ1) is 22.4. The largest absolute Gasteiger partial charge is 0.477 e. The fourth-order valence-electron chi connectivity index (χ4n) is 3.47. The van der Waals surface area contributed by atoms with Gasteiger partial charge in [0.05, 0.1) is 45.6 Å². The minimum atomic E-state index is -1.12. The highest BCUT2D eigenvalue weighted by molar-refractivity contribution is 5.86. The van der Waals surface area contributed by atoms with Crippen molar-refractivity contribution in [2.75, 3.05) is 0 Å². The van der Waals surface area contributed by atoms with Crippen LogP contribution in [0.1, 0.15) is 21.0 Å². The van der Waals surface area contributed by atoms with Crippen molar-refractivity contribution in [2.45, 2.75) is 0 Å². The molecule has 0 fully saturated rings. The molecule has 10 heteroatoms. The van der Waals surface area contributed by atoms with Crippen LogP contribution in [0.5, 0.6) is 0 Å². The van der Waals surface area contributed by atoms with Gasteiger partial charge in [-0.05, 0) is 54.6 Å². The van der Waals surface area contributed by atoms with E-state index in [1.54, 1.807) is 66.7 Å². The molecule has 0 aromatic carbocycles. The predicted octanol–water partition coefficient (Wildman–Crippen LogP) is 4.12. The zero-order valence-corrected chi connectivity index (χ0v) is 18.5. The first-order chi connectivity index (χ1) is 17.5. The van der Waals surface area contributed by atoms with E-state index in [0.717, 1.165) is 0 Å². The minimum Gasteiger partial charge on any atom is -0.477 e. The number of aromatic carboxylic acids is 2. The van der Waals surface area contributed by atoms with Gasteiger partial charge in [0.1, 0.15) is 17.7 Å². The maximum atomic E-state index is 11.3. The first-order valence-corrected chi connectivity index (χ1v) is 10.7. The van der Waals surface area contributed by atoms with Gasteiger partial charge in [-0.15, -0.1) is 0 Å². The summed E-state index contributed by atoms with van der Waals surface area (Å²) in [6.45, 7) is 0. The van der Waals surface area contributed by atoms with E-state index >= 15 is 0 Å². The average Bonchev–Trinajstić information content (AvgIpc) is 2.93. The molecular formula is C26H16N6O4. The van der Waals surface area contributed by atoms with Gasteiger partial charge in [-0.3, -0.25) is 0 Å². The molecule has 0 spiro atoms. The van der Waals surface area contributed by atoms with E-state index in [2.05, 4.69) is 29.9 Å². The smallest absolute Gasteiger partial charge is 0.354 e. The fraction of sp³-hybridized carbons (Fsp3) is 0. The van der Waals surface area contributed by atoms with Crippen LogP contribution in [0.4, 0.5) is 0 Å². The molecule has 0 bridgehead atoms. The van der Waals surface area contributed by atoms with Crippen LogP contribution in [0, 0.1) is 0 Å². The van der Waals surface area contributed by atoms with E-state index in [4.69, 9.17) is 0 Å². The second kappa shape index (κ2) is 9.47. The Morgan fingerprint density at radius 3 is 1.19 bits per heavy atom. The summed E-state index contributed by atoms with van der Waals surface area (Å²) in [5, 5.41) is 18.4. The summed E-state index contributed by atoms with van der Waals surface area (Å²) in [7, 11) is 0. The third kappa shape index (κ3) is 4.64. The van der Waals surface area contributed by atoms with Crippen molar-refractivity contribution in [1.82, 2.24) is 29.9 Å². The van der Waals surface area contributed by atoms with Gasteiger partial charge in [0.25, 0.3) is 0 Å². The van der Waals surface area contributed by atoms with E-state index in [9.17, 15) is 19.8 Å². The number of pyridine rings is 4. The first-order valence-electron chi connectivity index (χ1n) is 10.7. The molecule has 0 aliphatic carbocycles. The zero-order valence-electron chi connectivity index (χ0n) is 18.5. The highest BCUT2D eigenvalue weighted by Gasteiger charge is 2.12. The van der Waals surface area contributed by atoms with Crippen LogP contribution in [0.3, 0.4) is 0 Å². The van der Waals surface area contributed by atoms with Gasteiger partial charge in [-0.25, -0.2) is 39.5 Å². The molecule has 0 unspecified atom stereocenters. The number of carboxylic acids is 2. The molecule has 0 radical (unpaired) electrons. The Morgan fingerprint density at radius 1 is 0.472 bits per heavy atom. The summed E-state index contributed by atoms with van der Waals surface area (Å²) in [6, 6.07) is 21.8. The van der Waals surface area contributed by atoms with Crippen LogP contribution >= 0.6 is 0 Å². The summed E-state index contributed by atoms with van der Waals surface area (Å²) in [4.78, 5) is 48.7. The Balaban J connectivity index is 1.49. The molecule has 174 valence electrons. The summed E-state index contributed by atoms with van der Waals surface area (Å²) < 4.78 is 0. The van der Waals surface area contributed by atoms with Crippen LogP contribution in [-0.2, 0) is 0 Å². The summed E-state index contributed by atoms with van der Waals surface area (Å²) in [6.07, 6.45) is 1.40. The molecule has 0 aliphatic heterocycles. The van der Waals surface area contributed by atoms with Gasteiger partial charge < -0.3 is 10.2 Å². The lowest BCUT2D eigenvalue weighted by atomic mass is 10.1. The van der Waals surface area contributed by atoms with Crippen molar-refractivity contribution in [3.63, 3.8) is 0 Å². The number of hydrogen-bond acceptors (Lipinski definition) is 8. The Hall–Kier alpha value is -5.38. The molecule has 0 aliphatic rings. The van der Waals surface area contributed by atoms with Gasteiger partial charge >= 0.3 is 11.9 Å². The second-order valence-electron chi connectivity index (χ2n) is 7.53. The Labute approximate surface area is 204 Å². The standard InChI is InChI=1S/C26H16N6O4/c33-25(34)21-11-3-7-17(31-21)15-5-1-9-19(29-15)23-13-24(28-14-27-23)20-10-2-6-16(30-20)18-8-4-12-22(32-18)26(35)36/h1-14H,(H,33,34)(H,35,36). The number of carboxylic acid groups (broad SMARTS) is 2. The van der Waals surface area contributed by atoms with Crippen molar-refractivity contribution in [3.8, 4) is 45.6 Å². The molecule has 5 rings (SSSR count). The van der Waals surface area contributed by atoms with Crippen LogP contribution in [0.2, 0.25) is 0 Å². The van der Waals surface area contributed by atoms with E-state index in [0.29, 0.717) is 45.6 Å². The second-order valence-corrected chi connectivity index (χ2v) is 7.53. The third-order valence-electron chi connectivity index (χ3n) is 5.15. The van der Waals surface area contributed by atoms with Gasteiger partial charge in [0.2, 0.25) is 0 Å². The monoisotopic (exact) mass is 476 g/mol. The Bertz CT molecular complexity index is 1510. The lowest BCUT2D eigenvalue weighted by Crippen LogP contribution is -2.01. The lowest BCUT2D eigenvalue weighted by molar-refractivity contribution is 0.0680. The summed E-state index contributed by atoms with van der Waals surface area (Å²) >= 11 is 0. The van der Waals surface area contributed by atoms with Crippen LogP contribution in [0.25, 0.3) is 45.6 Å². The van der Waals surface area contributed by atoms with Crippen molar-refractivity contribution in [3.05, 3.63) is 96.6 Å². The Morgan fingerprint density at radius 2 is 0.806 bits per heavy atom. The molecule has 0 saturated carbocycles. The highest BCUT2D eigenvalue weighted by atomic mass is 16.4. The normalized spacial score (nSPS) is 10.7. The van der Waals surface area contributed by atoms with Crippen molar-refractivity contribution in [1.29, 1.82) is 0 Å². The summed E-state index contributed by atoms with van der Waals surface area (Å²) in [5.41, 5.74) is 3.88. The van der Waals surface area contributed by atoms with E-state index < -0.39 is 11.9 Å². The molecule has 5 aromatic rings. The maximum absolute atomic E-state index is 11.3. The molecule has 0 amide bonds. The number of rotatable bonds is 6. The predicted molar refractivity (Wildman–Crippen MR) is 129 cm³/mol. The zero-order chi connectivity index (χ0) is 25.1. The molecule has 5 heterocycles. The topological polar surface area (TPSA) is 152 Å². The molecular weight excluding hydrogens is 460 g/mol. The molecule has 5 aromatic heterocycles.